The van der Waals surface area contributed by atoms with E-state index in [2.05, 4.69) is 5.32 Å². The first-order valence-electron chi connectivity index (χ1n) is 6.68. The molecule has 1 saturated heterocycles. The third-order valence-corrected chi connectivity index (χ3v) is 3.22. The van der Waals surface area contributed by atoms with Crippen LogP contribution in [0.15, 0.2) is 0 Å². The van der Waals surface area contributed by atoms with Gasteiger partial charge in [0.05, 0.1) is 6.61 Å². The molecule has 2 N–H and O–H groups in total. The van der Waals surface area contributed by atoms with Crippen LogP contribution >= 0.6 is 0 Å². The highest BCUT2D eigenvalue weighted by Crippen LogP contribution is 2.20. The molecule has 6 heteroatoms. The number of urea groups is 1. The van der Waals surface area contributed by atoms with Crippen LogP contribution in [0, 0.1) is 5.92 Å². The van der Waals surface area contributed by atoms with Crippen molar-refractivity contribution >= 4 is 12.0 Å². The second-order valence-electron chi connectivity index (χ2n) is 5.76. The van der Waals surface area contributed by atoms with Gasteiger partial charge in [-0.1, -0.05) is 13.8 Å². The van der Waals surface area contributed by atoms with E-state index in [1.165, 1.54) is 0 Å². The zero-order valence-electron chi connectivity index (χ0n) is 12.1. The second kappa shape index (κ2) is 6.23. The average Bonchev–Trinajstić information content (AvgIpc) is 2.74. The minimum atomic E-state index is -1.28. The summed E-state index contributed by atoms with van der Waals surface area (Å²) in [6.07, 6.45) is 0.307. The van der Waals surface area contributed by atoms with Gasteiger partial charge < -0.3 is 20.1 Å². The van der Waals surface area contributed by atoms with E-state index in [0.29, 0.717) is 25.5 Å². The van der Waals surface area contributed by atoms with Gasteiger partial charge in [-0.25, -0.2) is 9.59 Å². The molecule has 0 aromatic heterocycles. The number of hydrogen-bond acceptors (Lipinski definition) is 3. The second-order valence-corrected chi connectivity index (χ2v) is 5.76. The standard InChI is InChI=1S/C13H24N2O4/c1-9(2)7-15(10(3)4)12(18)14-13(11(16)17)5-6-19-8-13/h9-10H,5-8H2,1-4H3,(H,14,18)(H,16,17). The number of hydrogen-bond donors (Lipinski definition) is 2. The molecule has 1 unspecified atom stereocenters. The summed E-state index contributed by atoms with van der Waals surface area (Å²) in [7, 11) is 0. The van der Waals surface area contributed by atoms with E-state index in [0.717, 1.165) is 0 Å². The van der Waals surface area contributed by atoms with Gasteiger partial charge in [-0.15, -0.1) is 0 Å². The Morgan fingerprint density at radius 3 is 2.37 bits per heavy atom. The molecular formula is C13H24N2O4. The Kier molecular flexibility index (Phi) is 5.17. The van der Waals surface area contributed by atoms with Crippen molar-refractivity contribution in [2.24, 2.45) is 5.92 Å². The van der Waals surface area contributed by atoms with Gasteiger partial charge in [0.1, 0.15) is 0 Å². The van der Waals surface area contributed by atoms with E-state index in [1.54, 1.807) is 4.90 Å². The number of carboxylic acid groups (broad SMARTS) is 1. The highest BCUT2D eigenvalue weighted by atomic mass is 16.5. The predicted molar refractivity (Wildman–Crippen MR) is 71.0 cm³/mol. The molecule has 1 rings (SSSR count). The molecule has 19 heavy (non-hydrogen) atoms. The number of carbonyl (C=O) groups excluding carboxylic acids is 1. The van der Waals surface area contributed by atoms with Gasteiger partial charge in [-0.05, 0) is 19.8 Å². The van der Waals surface area contributed by atoms with E-state index in [9.17, 15) is 14.7 Å². The number of ether oxygens (including phenoxy) is 1. The molecule has 1 heterocycles. The molecule has 1 aliphatic rings. The zero-order valence-corrected chi connectivity index (χ0v) is 12.1. The minimum Gasteiger partial charge on any atom is -0.479 e. The molecular weight excluding hydrogens is 248 g/mol. The highest BCUT2D eigenvalue weighted by Gasteiger charge is 2.44. The van der Waals surface area contributed by atoms with Crippen molar-refractivity contribution in [3.63, 3.8) is 0 Å². The van der Waals surface area contributed by atoms with Gasteiger partial charge in [0.2, 0.25) is 0 Å². The fourth-order valence-electron chi connectivity index (χ4n) is 2.08. The Hall–Kier alpha value is -1.30. The monoisotopic (exact) mass is 272 g/mol. The number of carbonyl (C=O) groups is 2. The number of carboxylic acids is 1. The first-order valence-corrected chi connectivity index (χ1v) is 6.68. The molecule has 0 aliphatic carbocycles. The van der Waals surface area contributed by atoms with Gasteiger partial charge in [-0.2, -0.15) is 0 Å². The summed E-state index contributed by atoms with van der Waals surface area (Å²) in [5.41, 5.74) is -1.28. The van der Waals surface area contributed by atoms with Crippen molar-refractivity contribution < 1.29 is 19.4 Å². The van der Waals surface area contributed by atoms with E-state index >= 15 is 0 Å². The summed E-state index contributed by atoms with van der Waals surface area (Å²) in [6, 6.07) is -0.313. The molecule has 2 amide bonds. The summed E-state index contributed by atoms with van der Waals surface area (Å²) in [6.45, 7) is 8.86. The van der Waals surface area contributed by atoms with Crippen molar-refractivity contribution in [2.75, 3.05) is 19.8 Å². The van der Waals surface area contributed by atoms with Gasteiger partial charge >= 0.3 is 12.0 Å². The van der Waals surface area contributed by atoms with Crippen LogP contribution in [0.4, 0.5) is 4.79 Å². The minimum absolute atomic E-state index is 0.0237. The first kappa shape index (κ1) is 15.8. The van der Waals surface area contributed by atoms with Crippen LogP contribution in [0.5, 0.6) is 0 Å². The van der Waals surface area contributed by atoms with E-state index in [4.69, 9.17) is 4.74 Å². The van der Waals surface area contributed by atoms with E-state index < -0.39 is 11.5 Å². The molecule has 0 spiro atoms. The molecule has 6 nitrogen and oxygen atoms in total. The number of aliphatic carboxylic acids is 1. The topological polar surface area (TPSA) is 78.9 Å². The summed E-state index contributed by atoms with van der Waals surface area (Å²) >= 11 is 0. The van der Waals surface area contributed by atoms with Crippen LogP contribution < -0.4 is 5.32 Å². The third-order valence-electron chi connectivity index (χ3n) is 3.22. The van der Waals surface area contributed by atoms with Crippen LogP contribution in [-0.4, -0.2) is 53.3 Å². The molecule has 0 aromatic rings. The highest BCUT2D eigenvalue weighted by molar-refractivity contribution is 5.86. The lowest BCUT2D eigenvalue weighted by atomic mass is 9.99. The van der Waals surface area contributed by atoms with Crippen molar-refractivity contribution in [3.05, 3.63) is 0 Å². The van der Waals surface area contributed by atoms with Gasteiger partial charge in [-0.3, -0.25) is 0 Å². The number of nitrogens with zero attached hydrogens (tertiary/aromatic N) is 1. The van der Waals surface area contributed by atoms with Crippen LogP contribution in [0.25, 0.3) is 0 Å². The smallest absolute Gasteiger partial charge is 0.332 e. The van der Waals surface area contributed by atoms with Crippen LogP contribution in [0.2, 0.25) is 0 Å². The molecule has 1 atom stereocenters. The quantitative estimate of drug-likeness (QED) is 0.791. The molecule has 0 saturated carbocycles. The number of nitrogens with one attached hydrogen (secondary N) is 1. The maximum atomic E-state index is 12.3. The lowest BCUT2D eigenvalue weighted by molar-refractivity contribution is -0.144. The molecule has 110 valence electrons. The lowest BCUT2D eigenvalue weighted by Crippen LogP contribution is -2.59. The van der Waals surface area contributed by atoms with E-state index in [-0.39, 0.29) is 18.7 Å². The van der Waals surface area contributed by atoms with Crippen molar-refractivity contribution in [1.82, 2.24) is 10.2 Å². The van der Waals surface area contributed by atoms with Gasteiger partial charge in [0.25, 0.3) is 0 Å². The predicted octanol–water partition coefficient (Wildman–Crippen LogP) is 1.31. The summed E-state index contributed by atoms with van der Waals surface area (Å²) < 4.78 is 5.13. The summed E-state index contributed by atoms with van der Waals surface area (Å²) in [4.78, 5) is 25.3. The Morgan fingerprint density at radius 1 is 1.37 bits per heavy atom. The Bertz CT molecular complexity index is 336. The molecule has 1 fully saturated rings. The molecule has 0 radical (unpaired) electrons. The summed E-state index contributed by atoms with van der Waals surface area (Å²) in [5.74, 6) is -0.708. The number of rotatable bonds is 5. The van der Waals surface area contributed by atoms with Crippen molar-refractivity contribution in [2.45, 2.75) is 45.7 Å². The van der Waals surface area contributed by atoms with Crippen LogP contribution in [0.1, 0.15) is 34.1 Å². The van der Waals surface area contributed by atoms with Crippen molar-refractivity contribution in [3.8, 4) is 0 Å². The Labute approximate surface area is 114 Å². The lowest BCUT2D eigenvalue weighted by Gasteiger charge is -2.32. The first-order chi connectivity index (χ1) is 8.78. The average molecular weight is 272 g/mol. The van der Waals surface area contributed by atoms with Crippen LogP contribution in [-0.2, 0) is 9.53 Å². The van der Waals surface area contributed by atoms with Crippen LogP contribution in [0.3, 0.4) is 0 Å². The Morgan fingerprint density at radius 2 is 2.00 bits per heavy atom. The summed E-state index contributed by atoms with van der Waals surface area (Å²) in [5, 5.41) is 11.9. The fourth-order valence-corrected chi connectivity index (χ4v) is 2.08. The Balaban J connectivity index is 2.77. The number of amides is 2. The zero-order chi connectivity index (χ0) is 14.6. The molecule has 1 aliphatic heterocycles. The SMILES string of the molecule is CC(C)CN(C(=O)NC1(C(=O)O)CCOC1)C(C)C. The normalized spacial score (nSPS) is 22.8. The van der Waals surface area contributed by atoms with E-state index in [1.807, 2.05) is 27.7 Å². The van der Waals surface area contributed by atoms with Crippen molar-refractivity contribution in [1.29, 1.82) is 0 Å². The largest absolute Gasteiger partial charge is 0.479 e. The molecule has 0 bridgehead atoms. The fraction of sp³-hybridized carbons (Fsp3) is 0.846. The molecule has 0 aromatic carbocycles. The van der Waals surface area contributed by atoms with Gasteiger partial charge in [0.15, 0.2) is 5.54 Å². The maximum absolute atomic E-state index is 12.3. The maximum Gasteiger partial charge on any atom is 0.332 e. The van der Waals surface area contributed by atoms with Gasteiger partial charge in [0, 0.05) is 25.6 Å². The third kappa shape index (κ3) is 3.83.